The van der Waals surface area contributed by atoms with Crippen LogP contribution in [0, 0.1) is 5.92 Å². The molecule has 0 bridgehead atoms. The summed E-state index contributed by atoms with van der Waals surface area (Å²) in [4.78, 5) is 10.9. The molecule has 1 saturated heterocycles. The van der Waals surface area contributed by atoms with Crippen molar-refractivity contribution < 1.29 is 4.74 Å². The van der Waals surface area contributed by atoms with Crippen LogP contribution in [0.4, 0.5) is 0 Å². The Bertz CT molecular complexity index is 358. The highest BCUT2D eigenvalue weighted by atomic mass is 16.5. The van der Waals surface area contributed by atoms with Gasteiger partial charge in [0.25, 0.3) is 0 Å². The van der Waals surface area contributed by atoms with Gasteiger partial charge in [0.2, 0.25) is 5.88 Å². The van der Waals surface area contributed by atoms with Crippen molar-refractivity contribution in [1.82, 2.24) is 14.9 Å². The zero-order valence-electron chi connectivity index (χ0n) is 10.3. The average molecular weight is 236 g/mol. The van der Waals surface area contributed by atoms with Crippen molar-refractivity contribution in [3.8, 4) is 5.88 Å². The molecule has 0 amide bonds. The maximum Gasteiger partial charge on any atom is 0.236 e. The summed E-state index contributed by atoms with van der Waals surface area (Å²) in [6, 6.07) is 0. The third-order valence-corrected chi connectivity index (χ3v) is 3.24. The molecule has 1 aromatic heterocycles. The van der Waals surface area contributed by atoms with Gasteiger partial charge in [-0.3, -0.25) is 9.88 Å². The highest BCUT2D eigenvalue weighted by molar-refractivity contribution is 5.16. The van der Waals surface area contributed by atoms with E-state index in [1.807, 2.05) is 0 Å². The molecular formula is C12H20N4O. The Kier molecular flexibility index (Phi) is 4.28. The van der Waals surface area contributed by atoms with Crippen LogP contribution in [0.3, 0.4) is 0 Å². The first-order chi connectivity index (χ1) is 8.33. The average Bonchev–Trinajstić information content (AvgIpc) is 2.39. The standard InChI is InChI=1S/C12H20N4O/c1-17-12-11(14-4-5-15-12)9-16-6-2-3-10(7-13)8-16/h4-5,10H,2-3,6-9,13H2,1H3/t10-/m0/s1. The molecule has 2 heterocycles. The molecular weight excluding hydrogens is 216 g/mol. The van der Waals surface area contributed by atoms with E-state index in [-0.39, 0.29) is 0 Å². The van der Waals surface area contributed by atoms with Crippen LogP contribution in [-0.2, 0) is 6.54 Å². The number of methoxy groups -OCH3 is 1. The molecule has 94 valence electrons. The van der Waals surface area contributed by atoms with Gasteiger partial charge in [0.15, 0.2) is 0 Å². The zero-order valence-corrected chi connectivity index (χ0v) is 10.3. The first-order valence-corrected chi connectivity index (χ1v) is 6.09. The number of ether oxygens (including phenoxy) is 1. The smallest absolute Gasteiger partial charge is 0.236 e. The second-order valence-corrected chi connectivity index (χ2v) is 4.49. The summed E-state index contributed by atoms with van der Waals surface area (Å²) in [5.41, 5.74) is 6.65. The lowest BCUT2D eigenvalue weighted by Crippen LogP contribution is -2.38. The summed E-state index contributed by atoms with van der Waals surface area (Å²) in [5.74, 6) is 1.24. The minimum Gasteiger partial charge on any atom is -0.480 e. The van der Waals surface area contributed by atoms with E-state index < -0.39 is 0 Å². The summed E-state index contributed by atoms with van der Waals surface area (Å²) in [5, 5.41) is 0. The van der Waals surface area contributed by atoms with Gasteiger partial charge in [-0.15, -0.1) is 0 Å². The van der Waals surface area contributed by atoms with Crippen LogP contribution >= 0.6 is 0 Å². The topological polar surface area (TPSA) is 64.3 Å². The van der Waals surface area contributed by atoms with E-state index in [4.69, 9.17) is 10.5 Å². The number of piperidine rings is 1. The van der Waals surface area contributed by atoms with Gasteiger partial charge in [-0.2, -0.15) is 0 Å². The molecule has 1 aliphatic heterocycles. The molecule has 0 saturated carbocycles. The molecule has 2 rings (SSSR count). The molecule has 1 aromatic rings. The summed E-state index contributed by atoms with van der Waals surface area (Å²) < 4.78 is 5.22. The number of likely N-dealkylation sites (tertiary alicyclic amines) is 1. The lowest BCUT2D eigenvalue weighted by atomic mass is 9.98. The van der Waals surface area contributed by atoms with Crippen molar-refractivity contribution in [1.29, 1.82) is 0 Å². The van der Waals surface area contributed by atoms with Gasteiger partial charge in [-0.1, -0.05) is 0 Å². The van der Waals surface area contributed by atoms with Crippen molar-refractivity contribution in [3.63, 3.8) is 0 Å². The molecule has 1 aliphatic rings. The molecule has 5 heteroatoms. The summed E-state index contributed by atoms with van der Waals surface area (Å²) in [6.07, 6.45) is 5.82. The highest BCUT2D eigenvalue weighted by Gasteiger charge is 2.20. The lowest BCUT2D eigenvalue weighted by Gasteiger charge is -2.31. The summed E-state index contributed by atoms with van der Waals surface area (Å²) >= 11 is 0. The number of aromatic nitrogens is 2. The van der Waals surface area contributed by atoms with Crippen molar-refractivity contribution >= 4 is 0 Å². The summed E-state index contributed by atoms with van der Waals surface area (Å²) in [7, 11) is 1.63. The van der Waals surface area contributed by atoms with E-state index in [1.54, 1.807) is 19.5 Å². The van der Waals surface area contributed by atoms with Crippen molar-refractivity contribution in [2.75, 3.05) is 26.7 Å². The minimum atomic E-state index is 0.617. The number of nitrogens with zero attached hydrogens (tertiary/aromatic N) is 3. The fourth-order valence-corrected chi connectivity index (χ4v) is 2.33. The fraction of sp³-hybridized carbons (Fsp3) is 0.667. The number of nitrogens with two attached hydrogens (primary N) is 1. The molecule has 2 N–H and O–H groups in total. The molecule has 0 aromatic carbocycles. The molecule has 5 nitrogen and oxygen atoms in total. The fourth-order valence-electron chi connectivity index (χ4n) is 2.33. The Morgan fingerprint density at radius 3 is 3.06 bits per heavy atom. The third kappa shape index (κ3) is 3.14. The zero-order chi connectivity index (χ0) is 12.1. The minimum absolute atomic E-state index is 0.617. The van der Waals surface area contributed by atoms with E-state index in [0.717, 1.165) is 31.9 Å². The number of rotatable bonds is 4. The van der Waals surface area contributed by atoms with Crippen molar-refractivity contribution in [3.05, 3.63) is 18.1 Å². The van der Waals surface area contributed by atoms with E-state index >= 15 is 0 Å². The maximum atomic E-state index is 5.74. The Morgan fingerprint density at radius 2 is 2.29 bits per heavy atom. The van der Waals surface area contributed by atoms with E-state index in [2.05, 4.69) is 14.9 Å². The molecule has 0 spiro atoms. The second kappa shape index (κ2) is 5.93. The van der Waals surface area contributed by atoms with Gasteiger partial charge in [0.1, 0.15) is 5.69 Å². The van der Waals surface area contributed by atoms with Crippen molar-refractivity contribution in [2.24, 2.45) is 11.7 Å². The normalized spacial score (nSPS) is 21.4. The molecule has 1 atom stereocenters. The molecule has 0 radical (unpaired) electrons. The monoisotopic (exact) mass is 236 g/mol. The molecule has 0 aliphatic carbocycles. The first kappa shape index (κ1) is 12.3. The number of hydrogen-bond donors (Lipinski definition) is 1. The van der Waals surface area contributed by atoms with Crippen LogP contribution in [0.2, 0.25) is 0 Å². The Labute approximate surface area is 102 Å². The van der Waals surface area contributed by atoms with Gasteiger partial charge < -0.3 is 10.5 Å². The first-order valence-electron chi connectivity index (χ1n) is 6.09. The second-order valence-electron chi connectivity index (χ2n) is 4.49. The Balaban J connectivity index is 2.00. The highest BCUT2D eigenvalue weighted by Crippen LogP contribution is 2.19. The quantitative estimate of drug-likeness (QED) is 0.832. The van der Waals surface area contributed by atoms with Crippen LogP contribution in [0.15, 0.2) is 12.4 Å². The van der Waals surface area contributed by atoms with Crippen LogP contribution < -0.4 is 10.5 Å². The Morgan fingerprint density at radius 1 is 1.47 bits per heavy atom. The van der Waals surface area contributed by atoms with E-state index in [0.29, 0.717) is 11.8 Å². The third-order valence-electron chi connectivity index (χ3n) is 3.24. The van der Waals surface area contributed by atoms with Crippen molar-refractivity contribution in [2.45, 2.75) is 19.4 Å². The van der Waals surface area contributed by atoms with Crippen LogP contribution in [-0.4, -0.2) is 41.6 Å². The van der Waals surface area contributed by atoms with E-state index in [1.165, 1.54) is 12.8 Å². The van der Waals surface area contributed by atoms with Crippen LogP contribution in [0.25, 0.3) is 0 Å². The Hall–Kier alpha value is -1.20. The van der Waals surface area contributed by atoms with Crippen LogP contribution in [0.5, 0.6) is 5.88 Å². The lowest BCUT2D eigenvalue weighted by molar-refractivity contribution is 0.167. The van der Waals surface area contributed by atoms with Gasteiger partial charge >= 0.3 is 0 Å². The predicted octanol–water partition coefficient (Wildman–Crippen LogP) is 0.656. The van der Waals surface area contributed by atoms with Gasteiger partial charge in [0, 0.05) is 25.5 Å². The molecule has 0 unspecified atom stereocenters. The summed E-state index contributed by atoms with van der Waals surface area (Å²) in [6.45, 7) is 3.73. The SMILES string of the molecule is COc1nccnc1CN1CCC[C@@H](CN)C1. The molecule has 17 heavy (non-hydrogen) atoms. The largest absolute Gasteiger partial charge is 0.480 e. The predicted molar refractivity (Wildman–Crippen MR) is 65.6 cm³/mol. The number of hydrogen-bond acceptors (Lipinski definition) is 5. The maximum absolute atomic E-state index is 5.74. The van der Waals surface area contributed by atoms with Crippen LogP contribution in [0.1, 0.15) is 18.5 Å². The van der Waals surface area contributed by atoms with Gasteiger partial charge in [-0.05, 0) is 31.8 Å². The molecule has 1 fully saturated rings. The van der Waals surface area contributed by atoms with E-state index in [9.17, 15) is 0 Å². The van der Waals surface area contributed by atoms with Gasteiger partial charge in [-0.25, -0.2) is 4.98 Å². The van der Waals surface area contributed by atoms with Gasteiger partial charge in [0.05, 0.1) is 7.11 Å².